The van der Waals surface area contributed by atoms with Crippen molar-refractivity contribution in [2.45, 2.75) is 0 Å². The fourth-order valence-corrected chi connectivity index (χ4v) is 2.82. The lowest BCUT2D eigenvalue weighted by molar-refractivity contribution is 0.0444. The summed E-state index contributed by atoms with van der Waals surface area (Å²) in [5.74, 6) is -0.474. The molecule has 1 aliphatic heterocycles. The maximum absolute atomic E-state index is 12.0. The van der Waals surface area contributed by atoms with Gasteiger partial charge in [0.1, 0.15) is 5.75 Å². The number of hydrogen-bond donors (Lipinski definition) is 0. The number of rotatable bonds is 1. The Morgan fingerprint density at radius 1 is 0.905 bits per heavy atom. The Morgan fingerprint density at radius 3 is 2.43 bits per heavy atom. The molecule has 0 aliphatic carbocycles. The van der Waals surface area contributed by atoms with Crippen molar-refractivity contribution in [3.05, 3.63) is 53.6 Å². The van der Waals surface area contributed by atoms with Crippen LogP contribution in [0.15, 0.2) is 42.5 Å². The van der Waals surface area contributed by atoms with E-state index in [9.17, 15) is 9.59 Å². The van der Waals surface area contributed by atoms with Crippen molar-refractivity contribution in [1.82, 2.24) is 0 Å². The number of hydrogen-bond acceptors (Lipinski definition) is 4. The van der Waals surface area contributed by atoms with Gasteiger partial charge >= 0.3 is 11.9 Å². The molecule has 102 valence electrons. The fourth-order valence-electron chi connectivity index (χ4n) is 2.82. The number of benzene rings is 3. The fraction of sp³-hybridized carbons (Fsp3) is 0.0588. The minimum atomic E-state index is -0.587. The molecule has 1 heterocycles. The Bertz CT molecular complexity index is 940. The molecule has 3 aromatic carbocycles. The number of ether oxygens (including phenoxy) is 2. The molecule has 0 unspecified atom stereocenters. The summed E-state index contributed by atoms with van der Waals surface area (Å²) in [5.41, 5.74) is 0.666. The molecule has 3 aromatic rings. The maximum Gasteiger partial charge on any atom is 0.347 e. The van der Waals surface area contributed by atoms with E-state index in [-0.39, 0.29) is 0 Å². The minimum Gasteiger partial charge on any atom is -0.497 e. The van der Waals surface area contributed by atoms with E-state index in [2.05, 4.69) is 0 Å². The van der Waals surface area contributed by atoms with Gasteiger partial charge in [-0.1, -0.05) is 24.3 Å². The number of esters is 2. The Labute approximate surface area is 119 Å². The van der Waals surface area contributed by atoms with E-state index in [4.69, 9.17) is 9.47 Å². The Kier molecular flexibility index (Phi) is 2.30. The lowest BCUT2D eigenvalue weighted by Gasteiger charge is -2.08. The molecule has 0 N–H and O–H groups in total. The first kappa shape index (κ1) is 11.9. The summed E-state index contributed by atoms with van der Waals surface area (Å²) in [6.07, 6.45) is 0. The summed E-state index contributed by atoms with van der Waals surface area (Å²) >= 11 is 0. The Morgan fingerprint density at radius 2 is 1.62 bits per heavy atom. The predicted octanol–water partition coefficient (Wildman–Crippen LogP) is 3.31. The number of cyclic esters (lactones) is 2. The highest BCUT2D eigenvalue weighted by atomic mass is 16.6. The largest absolute Gasteiger partial charge is 0.497 e. The van der Waals surface area contributed by atoms with Crippen LogP contribution >= 0.6 is 0 Å². The van der Waals surface area contributed by atoms with Crippen LogP contribution < -0.4 is 4.74 Å². The van der Waals surface area contributed by atoms with E-state index in [0.29, 0.717) is 16.9 Å². The van der Waals surface area contributed by atoms with Crippen LogP contribution in [0.25, 0.3) is 21.5 Å². The van der Waals surface area contributed by atoms with Crippen LogP contribution in [0, 0.1) is 0 Å². The highest BCUT2D eigenvalue weighted by Crippen LogP contribution is 2.35. The van der Waals surface area contributed by atoms with E-state index < -0.39 is 11.9 Å². The molecule has 21 heavy (non-hydrogen) atoms. The van der Waals surface area contributed by atoms with Gasteiger partial charge in [-0.15, -0.1) is 0 Å². The zero-order valence-electron chi connectivity index (χ0n) is 11.2. The summed E-state index contributed by atoms with van der Waals surface area (Å²) < 4.78 is 9.99. The summed E-state index contributed by atoms with van der Waals surface area (Å²) in [6, 6.07) is 13.0. The van der Waals surface area contributed by atoms with Gasteiger partial charge in [-0.3, -0.25) is 0 Å². The molecular formula is C17H10O4. The molecule has 0 atom stereocenters. The van der Waals surface area contributed by atoms with Crippen molar-refractivity contribution >= 4 is 33.5 Å². The van der Waals surface area contributed by atoms with Gasteiger partial charge < -0.3 is 9.47 Å². The van der Waals surface area contributed by atoms with Crippen molar-refractivity contribution < 1.29 is 19.1 Å². The van der Waals surface area contributed by atoms with E-state index >= 15 is 0 Å². The zero-order valence-corrected chi connectivity index (χ0v) is 11.2. The van der Waals surface area contributed by atoms with Crippen molar-refractivity contribution in [2.24, 2.45) is 0 Å². The van der Waals surface area contributed by atoms with E-state index in [0.717, 1.165) is 21.5 Å². The average molecular weight is 278 g/mol. The number of carbonyl (C=O) groups excluding carboxylic acids is 2. The molecule has 0 bridgehead atoms. The predicted molar refractivity (Wildman–Crippen MR) is 77.8 cm³/mol. The zero-order chi connectivity index (χ0) is 14.6. The van der Waals surface area contributed by atoms with Gasteiger partial charge in [-0.25, -0.2) is 9.59 Å². The van der Waals surface area contributed by atoms with Gasteiger partial charge in [0.2, 0.25) is 0 Å². The molecule has 4 rings (SSSR count). The summed E-state index contributed by atoms with van der Waals surface area (Å²) in [6.45, 7) is 0. The van der Waals surface area contributed by atoms with Gasteiger partial charge in [0, 0.05) is 5.39 Å². The quantitative estimate of drug-likeness (QED) is 0.389. The highest BCUT2D eigenvalue weighted by molar-refractivity contribution is 6.26. The second-order valence-corrected chi connectivity index (χ2v) is 4.92. The third-order valence-electron chi connectivity index (χ3n) is 3.82. The molecule has 0 spiro atoms. The van der Waals surface area contributed by atoms with Crippen molar-refractivity contribution in [3.63, 3.8) is 0 Å². The topological polar surface area (TPSA) is 52.6 Å². The van der Waals surface area contributed by atoms with Crippen LogP contribution in [0.1, 0.15) is 20.7 Å². The minimum absolute atomic E-state index is 0.322. The molecule has 0 fully saturated rings. The van der Waals surface area contributed by atoms with E-state index in [1.807, 2.05) is 36.4 Å². The third kappa shape index (κ3) is 1.56. The van der Waals surface area contributed by atoms with Gasteiger partial charge in [-0.05, 0) is 34.4 Å². The van der Waals surface area contributed by atoms with Crippen LogP contribution in [0.3, 0.4) is 0 Å². The molecule has 0 saturated heterocycles. The van der Waals surface area contributed by atoms with E-state index in [1.165, 1.54) is 0 Å². The van der Waals surface area contributed by atoms with Gasteiger partial charge in [0.25, 0.3) is 0 Å². The Hall–Kier alpha value is -2.88. The van der Waals surface area contributed by atoms with E-state index in [1.54, 1.807) is 13.2 Å². The summed E-state index contributed by atoms with van der Waals surface area (Å²) in [7, 11) is 1.59. The smallest absolute Gasteiger partial charge is 0.347 e. The second kappa shape index (κ2) is 4.06. The van der Waals surface area contributed by atoms with Crippen LogP contribution in [-0.4, -0.2) is 19.0 Å². The first-order valence-electron chi connectivity index (χ1n) is 6.49. The van der Waals surface area contributed by atoms with Crippen LogP contribution in [0.4, 0.5) is 0 Å². The Balaban J connectivity index is 2.24. The summed E-state index contributed by atoms with van der Waals surface area (Å²) in [5, 5.41) is 3.47. The molecule has 0 saturated carbocycles. The van der Waals surface area contributed by atoms with Crippen LogP contribution in [0.5, 0.6) is 5.75 Å². The molecule has 0 amide bonds. The lowest BCUT2D eigenvalue weighted by Crippen LogP contribution is -1.97. The molecule has 4 heteroatoms. The first-order valence-corrected chi connectivity index (χ1v) is 6.49. The molecular weight excluding hydrogens is 268 g/mol. The molecule has 0 radical (unpaired) electrons. The van der Waals surface area contributed by atoms with Crippen molar-refractivity contribution in [1.29, 1.82) is 0 Å². The van der Waals surface area contributed by atoms with Crippen molar-refractivity contribution in [2.75, 3.05) is 7.11 Å². The van der Waals surface area contributed by atoms with Crippen LogP contribution in [-0.2, 0) is 4.74 Å². The maximum atomic E-state index is 12.0. The normalized spacial score (nSPS) is 13.6. The van der Waals surface area contributed by atoms with Crippen molar-refractivity contribution in [3.8, 4) is 5.75 Å². The number of fused-ring (bicyclic) bond motifs is 5. The average Bonchev–Trinajstić information content (AvgIpc) is 2.81. The van der Waals surface area contributed by atoms with Gasteiger partial charge in [0.15, 0.2) is 0 Å². The molecule has 1 aliphatic rings. The number of carbonyl (C=O) groups is 2. The first-order chi connectivity index (χ1) is 10.2. The standard InChI is InChI=1S/C17H10O4/c1-20-11-6-4-9-2-3-10-5-7-12-15(14(10)13(9)8-11)17(19)21-16(12)18/h2-8H,1H3. The monoisotopic (exact) mass is 278 g/mol. The SMILES string of the molecule is COc1ccc2ccc3ccc4c(c3c2c1)C(=O)OC4=O. The second-order valence-electron chi connectivity index (χ2n) is 4.92. The van der Waals surface area contributed by atoms with Crippen LogP contribution in [0.2, 0.25) is 0 Å². The molecule has 0 aromatic heterocycles. The lowest BCUT2D eigenvalue weighted by atomic mass is 9.95. The third-order valence-corrected chi connectivity index (χ3v) is 3.82. The highest BCUT2D eigenvalue weighted by Gasteiger charge is 2.32. The van der Waals surface area contributed by atoms with Gasteiger partial charge in [0.05, 0.1) is 18.2 Å². The van der Waals surface area contributed by atoms with Gasteiger partial charge in [-0.2, -0.15) is 0 Å². The molecule has 4 nitrogen and oxygen atoms in total. The number of methoxy groups -OCH3 is 1. The summed E-state index contributed by atoms with van der Waals surface area (Å²) in [4.78, 5) is 23.7.